The first-order chi connectivity index (χ1) is 19.6. The van der Waals surface area contributed by atoms with Gasteiger partial charge >= 0.3 is 17.9 Å². The Labute approximate surface area is 234 Å². The number of methoxy groups -OCH3 is 2. The van der Waals surface area contributed by atoms with Crippen LogP contribution in [-0.4, -0.2) is 53.1 Å². The molecule has 13 nitrogen and oxygen atoms in total. The van der Waals surface area contributed by atoms with Gasteiger partial charge in [-0.1, -0.05) is 24.3 Å². The molecule has 2 aromatic carbocycles. The van der Waals surface area contributed by atoms with Crippen molar-refractivity contribution < 1.29 is 33.8 Å². The standard InChI is InChI=1S/C14H13N3O3.C9H9NO4.C5H6N2/c1-20-14(19)10-6-4-5-9(12(10)15)13(18)17-11-7-2-3-8-16-11;1-14-9(13)6-4-2-3-5(7(6)10)8(11)12;6-5-3-1-2-4-7-5/h2-8H,15H2,1H3,(H,16,17,18);2-4H,10H2,1H3,(H,11,12);1-4H,(H2,6,7). The summed E-state index contributed by atoms with van der Waals surface area (Å²) in [6, 6.07) is 19.3. The van der Waals surface area contributed by atoms with E-state index in [4.69, 9.17) is 22.3 Å². The van der Waals surface area contributed by atoms with E-state index in [1.807, 2.05) is 12.1 Å². The van der Waals surface area contributed by atoms with Gasteiger partial charge in [-0.15, -0.1) is 0 Å². The number of carbonyl (C=O) groups excluding carboxylic acids is 3. The minimum atomic E-state index is -1.17. The molecule has 0 aliphatic carbocycles. The number of carboxylic acids is 1. The molecule has 2 aromatic heterocycles. The van der Waals surface area contributed by atoms with E-state index in [1.54, 1.807) is 42.7 Å². The molecule has 0 atom stereocenters. The molecule has 13 heteroatoms. The van der Waals surface area contributed by atoms with Crippen LogP contribution in [0.3, 0.4) is 0 Å². The molecule has 1 amide bonds. The molecule has 4 aromatic rings. The first-order valence-corrected chi connectivity index (χ1v) is 11.7. The van der Waals surface area contributed by atoms with Gasteiger partial charge in [0.2, 0.25) is 0 Å². The van der Waals surface area contributed by atoms with E-state index in [0.717, 1.165) is 0 Å². The zero-order valence-electron chi connectivity index (χ0n) is 22.1. The third-order valence-electron chi connectivity index (χ3n) is 5.09. The van der Waals surface area contributed by atoms with E-state index in [1.165, 1.54) is 44.6 Å². The van der Waals surface area contributed by atoms with E-state index in [9.17, 15) is 19.2 Å². The fourth-order valence-electron chi connectivity index (χ4n) is 3.09. The van der Waals surface area contributed by atoms with Gasteiger partial charge in [-0.3, -0.25) is 4.79 Å². The first-order valence-electron chi connectivity index (χ1n) is 11.7. The Bertz CT molecular complexity index is 1500. The SMILES string of the molecule is COC(=O)c1cccc(C(=O)Nc2ccccn2)c1N.COC(=O)c1cccc(C(=O)O)c1N.Nc1ccccn1. The predicted molar refractivity (Wildman–Crippen MR) is 152 cm³/mol. The number of hydrogen-bond donors (Lipinski definition) is 5. The Morgan fingerprint density at radius 3 is 1.56 bits per heavy atom. The van der Waals surface area contributed by atoms with Gasteiger partial charge in [0.15, 0.2) is 0 Å². The zero-order valence-corrected chi connectivity index (χ0v) is 22.1. The second-order valence-corrected chi connectivity index (χ2v) is 7.75. The van der Waals surface area contributed by atoms with Crippen LogP contribution in [0.5, 0.6) is 0 Å². The summed E-state index contributed by atoms with van der Waals surface area (Å²) in [6.07, 6.45) is 3.22. The number of amides is 1. The summed E-state index contributed by atoms with van der Waals surface area (Å²) in [5, 5.41) is 11.3. The Morgan fingerprint density at radius 2 is 1.15 bits per heavy atom. The highest BCUT2D eigenvalue weighted by atomic mass is 16.5. The number of para-hydroxylation sites is 2. The van der Waals surface area contributed by atoms with E-state index < -0.39 is 23.8 Å². The van der Waals surface area contributed by atoms with E-state index in [2.05, 4.69) is 24.8 Å². The lowest BCUT2D eigenvalue weighted by Crippen LogP contribution is -2.17. The van der Waals surface area contributed by atoms with Crippen molar-refractivity contribution in [1.29, 1.82) is 0 Å². The average molecular weight is 561 g/mol. The van der Waals surface area contributed by atoms with Crippen LogP contribution in [0.15, 0.2) is 85.2 Å². The monoisotopic (exact) mass is 560 g/mol. The molecule has 0 saturated carbocycles. The van der Waals surface area contributed by atoms with Crippen LogP contribution in [0, 0.1) is 0 Å². The van der Waals surface area contributed by atoms with Crippen LogP contribution in [0.1, 0.15) is 41.4 Å². The lowest BCUT2D eigenvalue weighted by Gasteiger charge is -2.09. The third kappa shape index (κ3) is 9.07. The Balaban J connectivity index is 0.000000241. The number of hydrogen-bond acceptors (Lipinski definition) is 11. The largest absolute Gasteiger partial charge is 0.478 e. The summed E-state index contributed by atoms with van der Waals surface area (Å²) in [4.78, 5) is 53.1. The number of benzene rings is 2. The van der Waals surface area contributed by atoms with Crippen LogP contribution in [0.25, 0.3) is 0 Å². The van der Waals surface area contributed by atoms with E-state index in [0.29, 0.717) is 11.6 Å². The molecule has 0 aliphatic rings. The number of carboxylic acid groups (broad SMARTS) is 1. The van der Waals surface area contributed by atoms with Crippen LogP contribution < -0.4 is 22.5 Å². The lowest BCUT2D eigenvalue weighted by molar-refractivity contribution is 0.0592. The maximum absolute atomic E-state index is 12.1. The van der Waals surface area contributed by atoms with Gasteiger partial charge in [0.25, 0.3) is 5.91 Å². The van der Waals surface area contributed by atoms with Gasteiger partial charge in [-0.05, 0) is 48.5 Å². The minimum Gasteiger partial charge on any atom is -0.478 e. The average Bonchev–Trinajstić information content (AvgIpc) is 2.98. The molecule has 2 heterocycles. The summed E-state index contributed by atoms with van der Waals surface area (Å²) in [6.45, 7) is 0. The highest BCUT2D eigenvalue weighted by Crippen LogP contribution is 2.20. The number of ether oxygens (including phenoxy) is 2. The van der Waals surface area contributed by atoms with Gasteiger partial charge < -0.3 is 37.1 Å². The van der Waals surface area contributed by atoms with Crippen LogP contribution in [0.4, 0.5) is 23.0 Å². The summed E-state index contributed by atoms with van der Waals surface area (Å²) >= 11 is 0. The fraction of sp³-hybridized carbons (Fsp3) is 0.0714. The van der Waals surface area contributed by atoms with Gasteiger partial charge in [0.05, 0.1) is 47.8 Å². The van der Waals surface area contributed by atoms with Crippen molar-refractivity contribution in [2.75, 3.05) is 36.7 Å². The third-order valence-corrected chi connectivity index (χ3v) is 5.09. The number of rotatable bonds is 5. The highest BCUT2D eigenvalue weighted by molar-refractivity contribution is 6.10. The van der Waals surface area contributed by atoms with Gasteiger partial charge in [0, 0.05) is 12.4 Å². The zero-order chi connectivity index (χ0) is 30.4. The quantitative estimate of drug-likeness (QED) is 0.175. The molecule has 0 spiro atoms. The van der Waals surface area contributed by atoms with Gasteiger partial charge in [-0.25, -0.2) is 24.4 Å². The number of aromatic nitrogens is 2. The molecular formula is C28H28N6O7. The molecule has 0 bridgehead atoms. The maximum Gasteiger partial charge on any atom is 0.339 e. The summed E-state index contributed by atoms with van der Waals surface area (Å²) < 4.78 is 9.05. The molecule has 0 aliphatic heterocycles. The fourth-order valence-corrected chi connectivity index (χ4v) is 3.09. The molecule has 0 fully saturated rings. The molecule has 0 saturated heterocycles. The Morgan fingerprint density at radius 1 is 0.659 bits per heavy atom. The number of anilines is 4. The number of nitrogens with zero attached hydrogens (tertiary/aromatic N) is 2. The van der Waals surface area contributed by atoms with Crippen molar-refractivity contribution in [3.05, 3.63) is 107 Å². The van der Waals surface area contributed by atoms with Crippen LogP contribution >= 0.6 is 0 Å². The smallest absolute Gasteiger partial charge is 0.339 e. The number of esters is 2. The molecule has 0 unspecified atom stereocenters. The predicted octanol–water partition coefficient (Wildman–Crippen LogP) is 3.12. The van der Waals surface area contributed by atoms with Crippen LogP contribution in [-0.2, 0) is 9.47 Å². The highest BCUT2D eigenvalue weighted by Gasteiger charge is 2.18. The second-order valence-electron chi connectivity index (χ2n) is 7.75. The van der Waals surface area contributed by atoms with Crippen molar-refractivity contribution in [3.8, 4) is 0 Å². The maximum atomic E-state index is 12.1. The second kappa shape index (κ2) is 15.4. The topological polar surface area (TPSA) is 223 Å². The van der Waals surface area contributed by atoms with Crippen molar-refractivity contribution in [2.24, 2.45) is 0 Å². The van der Waals surface area contributed by atoms with Gasteiger partial charge in [0.1, 0.15) is 11.6 Å². The Hall–Kier alpha value is -5.98. The molecule has 0 radical (unpaired) electrons. The lowest BCUT2D eigenvalue weighted by atomic mass is 10.1. The van der Waals surface area contributed by atoms with Crippen molar-refractivity contribution in [1.82, 2.24) is 9.97 Å². The number of nitrogens with one attached hydrogen (secondary N) is 1. The number of nitrogens with two attached hydrogens (primary N) is 3. The summed E-state index contributed by atoms with van der Waals surface area (Å²) in [5.41, 5.74) is 16.9. The Kier molecular flexibility index (Phi) is 11.8. The first kappa shape index (κ1) is 31.2. The summed E-state index contributed by atoms with van der Waals surface area (Å²) in [5.74, 6) is -1.87. The minimum absolute atomic E-state index is 0.0624. The normalized spacial score (nSPS) is 9.51. The number of aromatic carboxylic acids is 1. The van der Waals surface area contributed by atoms with Crippen molar-refractivity contribution in [3.63, 3.8) is 0 Å². The van der Waals surface area contributed by atoms with E-state index >= 15 is 0 Å². The molecule has 4 rings (SSSR count). The molecule has 41 heavy (non-hydrogen) atoms. The molecular weight excluding hydrogens is 532 g/mol. The molecule has 8 N–H and O–H groups in total. The molecule has 212 valence electrons. The summed E-state index contributed by atoms with van der Waals surface area (Å²) in [7, 11) is 2.46. The van der Waals surface area contributed by atoms with Gasteiger partial charge in [-0.2, -0.15) is 0 Å². The number of pyridine rings is 2. The van der Waals surface area contributed by atoms with E-state index in [-0.39, 0.29) is 33.6 Å². The van der Waals surface area contributed by atoms with Crippen molar-refractivity contribution >= 4 is 46.8 Å². The number of carbonyl (C=O) groups is 4. The number of nitrogen functional groups attached to an aromatic ring is 3. The van der Waals surface area contributed by atoms with Crippen molar-refractivity contribution in [2.45, 2.75) is 0 Å². The van der Waals surface area contributed by atoms with Crippen LogP contribution in [0.2, 0.25) is 0 Å².